The maximum atomic E-state index is 12.9. The van der Waals surface area contributed by atoms with Gasteiger partial charge in [0.15, 0.2) is 0 Å². The summed E-state index contributed by atoms with van der Waals surface area (Å²) >= 11 is 0. The fraction of sp³-hybridized carbons (Fsp3) is 0.673. The monoisotopic (exact) mass is 872 g/mol. The number of carbonyl (C=O) groups excluding carboxylic acids is 1. The summed E-state index contributed by atoms with van der Waals surface area (Å²) in [5.74, 6) is -0.214. The minimum Gasteiger partial charge on any atom is -0.387 e. The van der Waals surface area contributed by atoms with Crippen LogP contribution in [0.15, 0.2) is 97.2 Å². The van der Waals surface area contributed by atoms with Crippen molar-refractivity contribution >= 4 is 13.7 Å². The van der Waals surface area contributed by atoms with E-state index in [0.717, 1.165) is 96.3 Å². The quantitative estimate of drug-likeness (QED) is 0.0244. The van der Waals surface area contributed by atoms with E-state index in [9.17, 15) is 19.4 Å². The van der Waals surface area contributed by atoms with Crippen LogP contribution in [0.2, 0.25) is 0 Å². The topological polar surface area (TPSA) is 105 Å². The molecule has 8 nitrogen and oxygen atoms in total. The molecule has 0 rings (SSSR count). The number of phosphoric acid groups is 1. The molecule has 0 bridgehead atoms. The molecular formula is C52H92N2O6P+. The Hall–Kier alpha value is -2.58. The lowest BCUT2D eigenvalue weighted by atomic mass is 10.1. The molecule has 0 saturated heterocycles. The SMILES string of the molecule is CC/C=C\C/C=C\C/C=C\C/C=C\C/C=C\CCCCCCCC(=O)NC(COP(=O)(O)OCC[N+](C)(C)C)C(O)/C=C/CC/C=C/CC/C=C/CCCCCCCCCC. The summed E-state index contributed by atoms with van der Waals surface area (Å²) in [6, 6.07) is -0.886. The highest BCUT2D eigenvalue weighted by Gasteiger charge is 2.27. The van der Waals surface area contributed by atoms with Gasteiger partial charge in [-0.1, -0.05) is 175 Å². The van der Waals surface area contributed by atoms with Gasteiger partial charge in [-0.05, 0) is 89.9 Å². The summed E-state index contributed by atoms with van der Waals surface area (Å²) in [7, 11) is 1.51. The number of nitrogens with zero attached hydrogens (tertiary/aromatic N) is 1. The first-order valence-corrected chi connectivity index (χ1v) is 25.6. The van der Waals surface area contributed by atoms with Crippen LogP contribution in [0.3, 0.4) is 0 Å². The van der Waals surface area contributed by atoms with Gasteiger partial charge in [0.2, 0.25) is 5.91 Å². The summed E-state index contributed by atoms with van der Waals surface area (Å²) in [6.07, 6.45) is 60.5. The minimum absolute atomic E-state index is 0.0438. The van der Waals surface area contributed by atoms with Crippen LogP contribution in [0, 0.1) is 0 Å². The third-order valence-electron chi connectivity index (χ3n) is 10.0. The van der Waals surface area contributed by atoms with Gasteiger partial charge in [-0.15, -0.1) is 0 Å². The highest BCUT2D eigenvalue weighted by molar-refractivity contribution is 7.47. The summed E-state index contributed by atoms with van der Waals surface area (Å²) in [5, 5.41) is 13.8. The Balaban J connectivity index is 4.51. The number of hydrogen-bond donors (Lipinski definition) is 3. The first kappa shape index (κ1) is 58.4. The van der Waals surface area contributed by atoms with E-state index in [1.54, 1.807) is 6.08 Å². The van der Waals surface area contributed by atoms with Crippen LogP contribution in [-0.2, 0) is 18.4 Å². The van der Waals surface area contributed by atoms with Crippen molar-refractivity contribution in [1.82, 2.24) is 5.32 Å². The Labute approximate surface area is 375 Å². The van der Waals surface area contributed by atoms with Gasteiger partial charge in [0.1, 0.15) is 13.2 Å². The van der Waals surface area contributed by atoms with Crippen molar-refractivity contribution in [3.05, 3.63) is 97.2 Å². The van der Waals surface area contributed by atoms with Crippen LogP contribution in [0.25, 0.3) is 0 Å². The molecule has 0 heterocycles. The highest BCUT2D eigenvalue weighted by Crippen LogP contribution is 2.43. The number of unbranched alkanes of at least 4 members (excludes halogenated alkanes) is 15. The normalized spacial score (nSPS) is 15.1. The van der Waals surface area contributed by atoms with Gasteiger partial charge in [0, 0.05) is 6.42 Å². The zero-order valence-corrected chi connectivity index (χ0v) is 40.5. The van der Waals surface area contributed by atoms with Gasteiger partial charge >= 0.3 is 7.82 Å². The van der Waals surface area contributed by atoms with E-state index in [1.807, 2.05) is 27.2 Å². The fourth-order valence-corrected chi connectivity index (χ4v) is 6.95. The zero-order valence-electron chi connectivity index (χ0n) is 39.6. The molecule has 0 fully saturated rings. The second-order valence-corrected chi connectivity index (χ2v) is 18.5. The van der Waals surface area contributed by atoms with Crippen molar-refractivity contribution in [3.63, 3.8) is 0 Å². The molecule has 350 valence electrons. The number of aliphatic hydroxyl groups is 1. The number of rotatable bonds is 42. The number of carbonyl (C=O) groups is 1. The molecule has 0 saturated carbocycles. The summed E-state index contributed by atoms with van der Waals surface area (Å²) in [5.41, 5.74) is 0. The van der Waals surface area contributed by atoms with Gasteiger partial charge in [0.05, 0.1) is 39.9 Å². The molecule has 0 aliphatic rings. The first-order chi connectivity index (χ1) is 29.5. The van der Waals surface area contributed by atoms with Crippen LogP contribution in [-0.4, -0.2) is 73.4 Å². The minimum atomic E-state index is -4.37. The molecule has 0 aromatic heterocycles. The molecule has 1 amide bonds. The van der Waals surface area contributed by atoms with Gasteiger partial charge < -0.3 is 19.8 Å². The van der Waals surface area contributed by atoms with Gasteiger partial charge in [0.25, 0.3) is 0 Å². The number of phosphoric ester groups is 1. The van der Waals surface area contributed by atoms with E-state index >= 15 is 0 Å². The van der Waals surface area contributed by atoms with Crippen LogP contribution in [0.4, 0.5) is 0 Å². The average molecular weight is 872 g/mol. The van der Waals surface area contributed by atoms with Crippen molar-refractivity contribution in [2.75, 3.05) is 40.9 Å². The third-order valence-corrected chi connectivity index (χ3v) is 11.0. The number of aliphatic hydroxyl groups excluding tert-OH is 1. The van der Waals surface area contributed by atoms with Gasteiger partial charge in [-0.3, -0.25) is 13.8 Å². The second kappa shape index (κ2) is 42.7. The van der Waals surface area contributed by atoms with Crippen LogP contribution in [0.5, 0.6) is 0 Å². The summed E-state index contributed by atoms with van der Waals surface area (Å²) < 4.78 is 23.6. The van der Waals surface area contributed by atoms with Crippen molar-refractivity contribution in [3.8, 4) is 0 Å². The van der Waals surface area contributed by atoms with E-state index in [1.165, 1.54) is 57.8 Å². The number of hydrogen-bond acceptors (Lipinski definition) is 5. The lowest BCUT2D eigenvalue weighted by Crippen LogP contribution is -2.45. The highest BCUT2D eigenvalue weighted by atomic mass is 31.2. The molecule has 0 aromatic carbocycles. The van der Waals surface area contributed by atoms with Gasteiger partial charge in [-0.25, -0.2) is 4.57 Å². The molecule has 61 heavy (non-hydrogen) atoms. The van der Waals surface area contributed by atoms with Crippen LogP contribution < -0.4 is 5.32 Å². The number of nitrogens with one attached hydrogen (secondary N) is 1. The van der Waals surface area contributed by atoms with Gasteiger partial charge in [-0.2, -0.15) is 0 Å². The molecule has 3 N–H and O–H groups in total. The van der Waals surface area contributed by atoms with Crippen LogP contribution >= 0.6 is 7.82 Å². The lowest BCUT2D eigenvalue weighted by molar-refractivity contribution is -0.870. The maximum Gasteiger partial charge on any atom is 0.472 e. The Morgan fingerprint density at radius 2 is 1.00 bits per heavy atom. The number of allylic oxidation sites excluding steroid dienone is 15. The Morgan fingerprint density at radius 1 is 0.574 bits per heavy atom. The molecule has 0 spiro atoms. The molecule has 0 aliphatic heterocycles. The predicted molar refractivity (Wildman–Crippen MR) is 262 cm³/mol. The smallest absolute Gasteiger partial charge is 0.387 e. The van der Waals surface area contributed by atoms with Crippen molar-refractivity contribution in [2.24, 2.45) is 0 Å². The molecular weight excluding hydrogens is 780 g/mol. The molecule has 0 aliphatic carbocycles. The third kappa shape index (κ3) is 45.3. The standard InChI is InChI=1S/C52H91N2O6P/c1-6-8-10-12-14-16-18-20-22-24-26-27-28-30-32-34-36-38-40-42-44-46-52(56)53-50(49-60-61(57,58)59-48-47-54(3,4)5)51(55)45-43-41-39-37-35-33-31-29-25-23-21-19-17-15-13-11-9-7-2/h8,10,14,16,20,22,25-27,29-30,32,35,37,43,45,50-51,55H,6-7,9,11-13,15,17-19,21,23-24,28,31,33-34,36,38-42,44,46-49H2,1-5H3,(H-,53,56,57,58)/p+1/b10-8-,16-14-,22-20-,27-26-,29-25+,32-30-,37-35+,45-43+. The lowest BCUT2D eigenvalue weighted by Gasteiger charge is -2.25. The molecule has 3 atom stereocenters. The average Bonchev–Trinajstić information content (AvgIpc) is 3.21. The molecule has 9 heteroatoms. The number of amides is 1. The van der Waals surface area contributed by atoms with Crippen molar-refractivity contribution in [1.29, 1.82) is 0 Å². The Bertz CT molecular complexity index is 1310. The summed E-state index contributed by atoms with van der Waals surface area (Å²) in [6.45, 7) is 4.63. The van der Waals surface area contributed by atoms with E-state index in [0.29, 0.717) is 17.4 Å². The van der Waals surface area contributed by atoms with E-state index in [-0.39, 0.29) is 19.1 Å². The maximum absolute atomic E-state index is 12.9. The molecule has 0 radical (unpaired) electrons. The largest absolute Gasteiger partial charge is 0.472 e. The summed E-state index contributed by atoms with van der Waals surface area (Å²) in [4.78, 5) is 23.2. The Kier molecular flexibility index (Phi) is 40.9. The Morgan fingerprint density at radius 3 is 1.51 bits per heavy atom. The number of quaternary nitrogens is 1. The predicted octanol–water partition coefficient (Wildman–Crippen LogP) is 13.9. The van der Waals surface area contributed by atoms with E-state index in [4.69, 9.17) is 9.05 Å². The second-order valence-electron chi connectivity index (χ2n) is 17.1. The van der Waals surface area contributed by atoms with E-state index < -0.39 is 20.0 Å². The van der Waals surface area contributed by atoms with E-state index in [2.05, 4.69) is 104 Å². The van der Waals surface area contributed by atoms with Crippen molar-refractivity contribution in [2.45, 2.75) is 187 Å². The number of likely N-dealkylation sites (N-methyl/N-ethyl adjacent to an activating group) is 1. The van der Waals surface area contributed by atoms with Crippen LogP contribution in [0.1, 0.15) is 174 Å². The zero-order chi connectivity index (χ0) is 45.0. The first-order valence-electron chi connectivity index (χ1n) is 24.1. The van der Waals surface area contributed by atoms with Crippen molar-refractivity contribution < 1.29 is 32.9 Å². The molecule has 3 unspecified atom stereocenters. The fourth-order valence-electron chi connectivity index (χ4n) is 6.22. The molecule has 0 aromatic rings.